The topological polar surface area (TPSA) is 61.0 Å². The summed E-state index contributed by atoms with van der Waals surface area (Å²) in [7, 11) is 0. The van der Waals surface area contributed by atoms with Gasteiger partial charge >= 0.3 is 6.18 Å². The number of nitrogens with two attached hydrogens (primary N) is 1. The Morgan fingerprint density at radius 3 is 2.67 bits per heavy atom. The van der Waals surface area contributed by atoms with E-state index in [1.165, 1.54) is 6.08 Å². The Morgan fingerprint density at radius 1 is 1.47 bits per heavy atom. The van der Waals surface area contributed by atoms with Gasteiger partial charge in [-0.25, -0.2) is 4.98 Å². The number of halogens is 3. The van der Waals surface area contributed by atoms with E-state index < -0.39 is 12.0 Å². The summed E-state index contributed by atoms with van der Waals surface area (Å²) in [6, 6.07) is 1.11. The average Bonchev–Trinajstić information content (AvgIpc) is 2.12. The SMILES string of the molecule is C=CCOc1cc(N)nc(C(F)(F)F)n1. The maximum Gasteiger partial charge on any atom is 0.451 e. The summed E-state index contributed by atoms with van der Waals surface area (Å²) in [5, 5.41) is 0. The van der Waals surface area contributed by atoms with Gasteiger partial charge in [-0.3, -0.25) is 0 Å². The Morgan fingerprint density at radius 2 is 2.13 bits per heavy atom. The summed E-state index contributed by atoms with van der Waals surface area (Å²) in [6.07, 6.45) is -3.26. The minimum Gasteiger partial charge on any atom is -0.473 e. The Hall–Kier alpha value is -1.79. The van der Waals surface area contributed by atoms with Crippen molar-refractivity contribution >= 4 is 5.82 Å². The summed E-state index contributed by atoms with van der Waals surface area (Å²) < 4.78 is 41.5. The molecule has 0 bridgehead atoms. The van der Waals surface area contributed by atoms with Gasteiger partial charge in [0.2, 0.25) is 11.7 Å². The van der Waals surface area contributed by atoms with Crippen molar-refractivity contribution in [1.82, 2.24) is 9.97 Å². The fourth-order valence-corrected chi connectivity index (χ4v) is 0.788. The predicted molar refractivity (Wildman–Crippen MR) is 47.1 cm³/mol. The molecule has 0 aliphatic rings. The molecule has 1 aromatic heterocycles. The second-order valence-corrected chi connectivity index (χ2v) is 2.55. The Kier molecular flexibility index (Phi) is 3.13. The van der Waals surface area contributed by atoms with E-state index in [1.807, 2.05) is 0 Å². The van der Waals surface area contributed by atoms with Gasteiger partial charge in [0.1, 0.15) is 12.4 Å². The molecule has 0 spiro atoms. The van der Waals surface area contributed by atoms with Gasteiger partial charge in [-0.2, -0.15) is 18.2 Å². The number of hydrogen-bond acceptors (Lipinski definition) is 4. The van der Waals surface area contributed by atoms with Gasteiger partial charge in [-0.05, 0) is 0 Å². The van der Waals surface area contributed by atoms with Gasteiger partial charge in [-0.1, -0.05) is 12.7 Å². The highest BCUT2D eigenvalue weighted by molar-refractivity contribution is 5.33. The van der Waals surface area contributed by atoms with Crippen molar-refractivity contribution in [3.05, 3.63) is 24.5 Å². The summed E-state index contributed by atoms with van der Waals surface area (Å²) in [4.78, 5) is 6.21. The highest BCUT2D eigenvalue weighted by Crippen LogP contribution is 2.28. The van der Waals surface area contributed by atoms with Crippen molar-refractivity contribution in [3.8, 4) is 5.88 Å². The number of nitrogens with zero attached hydrogens (tertiary/aromatic N) is 2. The first kappa shape index (κ1) is 11.3. The van der Waals surface area contributed by atoms with E-state index >= 15 is 0 Å². The third-order valence-electron chi connectivity index (χ3n) is 1.33. The van der Waals surface area contributed by atoms with Crippen LogP contribution in [0, 0.1) is 0 Å². The van der Waals surface area contributed by atoms with E-state index in [1.54, 1.807) is 0 Å². The second kappa shape index (κ2) is 4.16. The molecule has 0 radical (unpaired) electrons. The third-order valence-corrected chi connectivity index (χ3v) is 1.33. The van der Waals surface area contributed by atoms with Crippen LogP contribution in [0.1, 0.15) is 5.82 Å². The average molecular weight is 219 g/mol. The van der Waals surface area contributed by atoms with Crippen LogP contribution in [0.3, 0.4) is 0 Å². The van der Waals surface area contributed by atoms with Crippen LogP contribution in [-0.4, -0.2) is 16.6 Å². The predicted octanol–water partition coefficient (Wildman–Crippen LogP) is 1.64. The minimum atomic E-state index is -4.64. The first-order valence-electron chi connectivity index (χ1n) is 3.89. The van der Waals surface area contributed by atoms with Crippen LogP contribution in [0.4, 0.5) is 19.0 Å². The number of alkyl halides is 3. The molecule has 1 aromatic rings. The molecule has 0 aliphatic carbocycles. The number of hydrogen-bond donors (Lipinski definition) is 1. The van der Waals surface area contributed by atoms with E-state index in [2.05, 4.69) is 16.5 Å². The number of rotatable bonds is 3. The highest BCUT2D eigenvalue weighted by Gasteiger charge is 2.35. The lowest BCUT2D eigenvalue weighted by Crippen LogP contribution is -2.13. The zero-order chi connectivity index (χ0) is 11.5. The molecule has 1 rings (SSSR count). The summed E-state index contributed by atoms with van der Waals surface area (Å²) in [5.74, 6) is -1.84. The van der Waals surface area contributed by atoms with Gasteiger partial charge in [-0.15, -0.1) is 0 Å². The van der Waals surface area contributed by atoms with Crippen LogP contribution in [0.2, 0.25) is 0 Å². The molecule has 1 heterocycles. The van der Waals surface area contributed by atoms with Crippen LogP contribution < -0.4 is 10.5 Å². The van der Waals surface area contributed by atoms with Crippen molar-refractivity contribution in [3.63, 3.8) is 0 Å². The first-order valence-corrected chi connectivity index (χ1v) is 3.89. The summed E-state index contributed by atoms with van der Waals surface area (Å²) in [6.45, 7) is 3.40. The van der Waals surface area contributed by atoms with E-state index in [0.717, 1.165) is 6.07 Å². The monoisotopic (exact) mass is 219 g/mol. The van der Waals surface area contributed by atoms with Crippen LogP contribution >= 0.6 is 0 Å². The largest absolute Gasteiger partial charge is 0.473 e. The van der Waals surface area contributed by atoms with Crippen LogP contribution in [0.25, 0.3) is 0 Å². The highest BCUT2D eigenvalue weighted by atomic mass is 19.4. The molecule has 2 N–H and O–H groups in total. The molecule has 7 heteroatoms. The molecule has 15 heavy (non-hydrogen) atoms. The van der Waals surface area contributed by atoms with Crippen molar-refractivity contribution in [2.75, 3.05) is 12.3 Å². The molecule has 0 aliphatic heterocycles. The summed E-state index contributed by atoms with van der Waals surface area (Å²) in [5.41, 5.74) is 5.17. The third kappa shape index (κ3) is 3.12. The summed E-state index contributed by atoms with van der Waals surface area (Å²) >= 11 is 0. The lowest BCUT2D eigenvalue weighted by Gasteiger charge is -2.08. The van der Waals surface area contributed by atoms with Gasteiger partial charge in [0.15, 0.2) is 0 Å². The molecule has 0 amide bonds. The normalized spacial score (nSPS) is 11.1. The van der Waals surface area contributed by atoms with Crippen LogP contribution in [-0.2, 0) is 6.18 Å². The molecule has 0 fully saturated rings. The van der Waals surface area contributed by atoms with Crippen molar-refractivity contribution in [2.24, 2.45) is 0 Å². The lowest BCUT2D eigenvalue weighted by atomic mass is 10.5. The zero-order valence-corrected chi connectivity index (χ0v) is 7.58. The smallest absolute Gasteiger partial charge is 0.451 e. The van der Waals surface area contributed by atoms with Crippen LogP contribution in [0.15, 0.2) is 18.7 Å². The van der Waals surface area contributed by atoms with Crippen molar-refractivity contribution in [1.29, 1.82) is 0 Å². The fourth-order valence-electron chi connectivity index (χ4n) is 0.788. The van der Waals surface area contributed by atoms with E-state index in [4.69, 9.17) is 10.5 Å². The lowest BCUT2D eigenvalue weighted by molar-refractivity contribution is -0.145. The molecule has 4 nitrogen and oxygen atoms in total. The van der Waals surface area contributed by atoms with Crippen molar-refractivity contribution < 1.29 is 17.9 Å². The van der Waals surface area contributed by atoms with E-state index in [0.29, 0.717) is 0 Å². The fraction of sp³-hybridized carbons (Fsp3) is 0.250. The number of aromatic nitrogens is 2. The van der Waals surface area contributed by atoms with Gasteiger partial charge in [0, 0.05) is 6.07 Å². The number of ether oxygens (including phenoxy) is 1. The van der Waals surface area contributed by atoms with E-state index in [-0.39, 0.29) is 18.3 Å². The second-order valence-electron chi connectivity index (χ2n) is 2.55. The minimum absolute atomic E-state index is 0.0494. The Balaban J connectivity index is 3.00. The molecular weight excluding hydrogens is 211 g/mol. The molecule has 0 saturated heterocycles. The van der Waals surface area contributed by atoms with Gasteiger partial charge in [0.05, 0.1) is 0 Å². The number of anilines is 1. The Labute approximate surface area is 83.6 Å². The maximum atomic E-state index is 12.2. The zero-order valence-electron chi connectivity index (χ0n) is 7.58. The molecule has 0 saturated carbocycles. The van der Waals surface area contributed by atoms with Crippen molar-refractivity contribution in [2.45, 2.75) is 6.18 Å². The molecule has 0 unspecified atom stereocenters. The van der Waals surface area contributed by atoms with Gasteiger partial charge in [0.25, 0.3) is 0 Å². The molecular formula is C8H8F3N3O. The molecule has 0 aromatic carbocycles. The van der Waals surface area contributed by atoms with Gasteiger partial charge < -0.3 is 10.5 Å². The first-order chi connectivity index (χ1) is 6.93. The standard InChI is InChI=1S/C8H8F3N3O/c1-2-3-15-6-4-5(12)13-7(14-6)8(9,10)11/h2,4H,1,3H2,(H2,12,13,14). The maximum absolute atomic E-state index is 12.2. The van der Waals surface area contributed by atoms with Crippen LogP contribution in [0.5, 0.6) is 5.88 Å². The molecule has 82 valence electrons. The molecule has 0 atom stereocenters. The number of nitrogen functional groups attached to an aromatic ring is 1. The Bertz CT molecular complexity index is 365. The quantitative estimate of drug-likeness (QED) is 0.785. The van der Waals surface area contributed by atoms with E-state index in [9.17, 15) is 13.2 Å².